The summed E-state index contributed by atoms with van der Waals surface area (Å²) in [6.45, 7) is 3.34. The number of hydrogen-bond acceptors (Lipinski definition) is 10. The van der Waals surface area contributed by atoms with Gasteiger partial charge in [0.2, 0.25) is 11.8 Å². The van der Waals surface area contributed by atoms with E-state index in [-0.39, 0.29) is 23.5 Å². The second-order valence-corrected chi connectivity index (χ2v) is 7.69. The van der Waals surface area contributed by atoms with E-state index in [2.05, 4.69) is 36.2 Å². The molecule has 0 aliphatic heterocycles. The van der Waals surface area contributed by atoms with Crippen molar-refractivity contribution in [1.29, 1.82) is 5.41 Å². The number of nitrogens with one attached hydrogen (secondary N) is 4. The highest BCUT2D eigenvalue weighted by molar-refractivity contribution is 6.14. The molecule has 11 nitrogen and oxygen atoms in total. The molecular formula is C17H21BF3N9O2. The molecule has 2 radical (unpaired) electrons. The van der Waals surface area contributed by atoms with Gasteiger partial charge in [-0.25, -0.2) is 9.67 Å². The summed E-state index contributed by atoms with van der Waals surface area (Å²) in [6.07, 6.45) is -0.419. The minimum atomic E-state index is -4.65. The smallest absolute Gasteiger partial charge is 0.367 e. The normalized spacial score (nSPS) is 15.1. The van der Waals surface area contributed by atoms with Gasteiger partial charge in [-0.2, -0.15) is 28.4 Å². The minimum Gasteiger partial charge on any atom is -0.367 e. The second-order valence-electron chi connectivity index (χ2n) is 7.69. The fourth-order valence-electron chi connectivity index (χ4n) is 2.61. The van der Waals surface area contributed by atoms with Crippen molar-refractivity contribution in [3.8, 4) is 0 Å². The third kappa shape index (κ3) is 5.53. The summed E-state index contributed by atoms with van der Waals surface area (Å²) in [6, 6.07) is 1.27. The Hall–Kier alpha value is -3.20. The Kier molecular flexibility index (Phi) is 6.15. The molecule has 0 unspecified atom stereocenters. The molecule has 0 atom stereocenters. The van der Waals surface area contributed by atoms with Crippen molar-refractivity contribution < 1.29 is 23.4 Å². The van der Waals surface area contributed by atoms with Crippen LogP contribution in [-0.2, 0) is 17.5 Å². The van der Waals surface area contributed by atoms with Crippen LogP contribution in [0.4, 0.5) is 30.8 Å². The average Bonchev–Trinajstić information content (AvgIpc) is 3.35. The summed E-state index contributed by atoms with van der Waals surface area (Å²) in [5.74, 6) is -3.67. The zero-order valence-corrected chi connectivity index (χ0v) is 17.1. The number of hydrogen-bond donors (Lipinski definition) is 6. The lowest BCUT2D eigenvalue weighted by molar-refractivity contribution is -0.158. The SMILES string of the molecule is [B]C(O)(O)n1nc(C(C)(C)N/N=C\C=N)cc1Nc1ncc(C(F)(F)F)c(NC2CC2)n1. The highest BCUT2D eigenvalue weighted by Gasteiger charge is 2.37. The van der Waals surface area contributed by atoms with Crippen LogP contribution in [0.15, 0.2) is 17.4 Å². The van der Waals surface area contributed by atoms with E-state index < -0.39 is 28.9 Å². The van der Waals surface area contributed by atoms with Crippen LogP contribution in [-0.4, -0.2) is 56.3 Å². The molecule has 2 heterocycles. The lowest BCUT2D eigenvalue weighted by Gasteiger charge is -2.23. The van der Waals surface area contributed by atoms with Crippen molar-refractivity contribution >= 4 is 37.9 Å². The van der Waals surface area contributed by atoms with E-state index in [1.165, 1.54) is 12.3 Å². The van der Waals surface area contributed by atoms with Gasteiger partial charge in [0.05, 0.1) is 17.4 Å². The number of anilines is 3. The lowest BCUT2D eigenvalue weighted by atomic mass is 10.0. The highest BCUT2D eigenvalue weighted by atomic mass is 19.4. The van der Waals surface area contributed by atoms with Crippen LogP contribution >= 0.6 is 0 Å². The van der Waals surface area contributed by atoms with Gasteiger partial charge in [0.15, 0.2) is 7.85 Å². The predicted octanol–water partition coefficient (Wildman–Crippen LogP) is 1.19. The summed E-state index contributed by atoms with van der Waals surface area (Å²) in [7, 11) is 5.36. The fourth-order valence-corrected chi connectivity index (χ4v) is 2.61. The Balaban J connectivity index is 1.96. The zero-order valence-electron chi connectivity index (χ0n) is 17.1. The number of rotatable bonds is 9. The number of aliphatic hydroxyl groups is 2. The Morgan fingerprint density at radius 3 is 2.56 bits per heavy atom. The Labute approximate surface area is 182 Å². The van der Waals surface area contributed by atoms with E-state index >= 15 is 0 Å². The average molecular weight is 451 g/mol. The van der Waals surface area contributed by atoms with E-state index in [0.29, 0.717) is 10.9 Å². The molecular weight excluding hydrogens is 430 g/mol. The molecule has 2 aromatic rings. The molecule has 2 aromatic heterocycles. The van der Waals surface area contributed by atoms with Gasteiger partial charge in [-0.15, -0.1) is 0 Å². The Morgan fingerprint density at radius 2 is 2.00 bits per heavy atom. The van der Waals surface area contributed by atoms with Gasteiger partial charge >= 0.3 is 6.18 Å². The van der Waals surface area contributed by atoms with Crippen molar-refractivity contribution in [3.05, 3.63) is 23.5 Å². The van der Waals surface area contributed by atoms with Crippen molar-refractivity contribution in [2.45, 2.75) is 50.3 Å². The molecule has 0 spiro atoms. The molecule has 0 amide bonds. The molecule has 1 aliphatic rings. The number of alkyl halides is 3. The molecule has 3 rings (SSSR count). The maximum absolute atomic E-state index is 13.3. The van der Waals surface area contributed by atoms with Gasteiger partial charge in [-0.1, -0.05) is 0 Å². The van der Waals surface area contributed by atoms with Crippen molar-refractivity contribution in [1.82, 2.24) is 25.2 Å². The number of nitrogens with zero attached hydrogens (tertiary/aromatic N) is 5. The first-order chi connectivity index (χ1) is 14.8. The van der Waals surface area contributed by atoms with Crippen LogP contribution < -0.4 is 16.1 Å². The van der Waals surface area contributed by atoms with Crippen LogP contribution in [0, 0.1) is 5.41 Å². The summed E-state index contributed by atoms with van der Waals surface area (Å²) in [5, 5.41) is 39.9. The zero-order chi connectivity index (χ0) is 23.7. The van der Waals surface area contributed by atoms with E-state index in [0.717, 1.165) is 19.1 Å². The Morgan fingerprint density at radius 1 is 1.31 bits per heavy atom. The van der Waals surface area contributed by atoms with E-state index in [9.17, 15) is 23.4 Å². The van der Waals surface area contributed by atoms with Gasteiger partial charge in [-0.05, 0) is 26.7 Å². The standard InChI is InChI=1S/C17H21BF3N9O2/c1-15(2,29-24-6-5-22)11-7-12(30(28-11)17(18,31)32)26-14-23-8-10(16(19,20)21)13(27-14)25-9-3-4-9/h5-9,22,29,31-32H,3-4H2,1-2H3,(H2,23,25,26,27)/b22-5?,24-6-. The molecule has 1 aliphatic carbocycles. The largest absolute Gasteiger partial charge is 0.421 e. The van der Waals surface area contributed by atoms with E-state index in [1.54, 1.807) is 13.8 Å². The Bertz CT molecular complexity index is 1010. The first-order valence-electron chi connectivity index (χ1n) is 9.43. The van der Waals surface area contributed by atoms with Crippen LogP contribution in [0.1, 0.15) is 37.9 Å². The second kappa shape index (κ2) is 8.39. The van der Waals surface area contributed by atoms with Crippen LogP contribution in [0.25, 0.3) is 0 Å². The molecule has 1 fully saturated rings. The summed E-state index contributed by atoms with van der Waals surface area (Å²) < 4.78 is 40.5. The van der Waals surface area contributed by atoms with Crippen molar-refractivity contribution in [2.24, 2.45) is 5.10 Å². The summed E-state index contributed by atoms with van der Waals surface area (Å²) in [4.78, 5) is 7.60. The third-order valence-electron chi connectivity index (χ3n) is 4.41. The van der Waals surface area contributed by atoms with Crippen LogP contribution in [0.2, 0.25) is 0 Å². The monoisotopic (exact) mass is 451 g/mol. The maximum Gasteiger partial charge on any atom is 0.421 e. The fraction of sp³-hybridized carbons (Fsp3) is 0.471. The molecule has 32 heavy (non-hydrogen) atoms. The van der Waals surface area contributed by atoms with Crippen molar-refractivity contribution in [2.75, 3.05) is 10.6 Å². The van der Waals surface area contributed by atoms with Gasteiger partial charge in [-0.3, -0.25) is 5.43 Å². The maximum atomic E-state index is 13.3. The molecule has 170 valence electrons. The highest BCUT2D eigenvalue weighted by Crippen LogP contribution is 2.36. The third-order valence-corrected chi connectivity index (χ3v) is 4.41. The molecule has 15 heteroatoms. The quantitative estimate of drug-likeness (QED) is 0.144. The number of hydrazone groups is 1. The first kappa shape index (κ1) is 23.5. The topological polar surface area (TPSA) is 156 Å². The molecule has 0 bridgehead atoms. The van der Waals surface area contributed by atoms with Crippen molar-refractivity contribution in [3.63, 3.8) is 0 Å². The molecule has 1 saturated carbocycles. The first-order valence-corrected chi connectivity index (χ1v) is 9.43. The van der Waals surface area contributed by atoms with Gasteiger partial charge in [0.25, 0.3) is 0 Å². The minimum absolute atomic E-state index is 0.101. The van der Waals surface area contributed by atoms with E-state index in [4.69, 9.17) is 13.3 Å². The predicted molar refractivity (Wildman–Crippen MR) is 111 cm³/mol. The number of aromatic nitrogens is 4. The van der Waals surface area contributed by atoms with Gasteiger partial charge in [0.1, 0.15) is 17.2 Å². The molecule has 0 saturated heterocycles. The van der Waals surface area contributed by atoms with Gasteiger partial charge < -0.3 is 26.3 Å². The lowest BCUT2D eigenvalue weighted by Crippen LogP contribution is -2.37. The van der Waals surface area contributed by atoms with Crippen LogP contribution in [0.3, 0.4) is 0 Å². The molecule has 0 aromatic carbocycles. The van der Waals surface area contributed by atoms with Gasteiger partial charge in [0, 0.05) is 24.5 Å². The summed E-state index contributed by atoms with van der Waals surface area (Å²) >= 11 is 0. The van der Waals surface area contributed by atoms with E-state index in [1.807, 2.05) is 0 Å². The number of halogens is 3. The van der Waals surface area contributed by atoms with Crippen LogP contribution in [0.5, 0.6) is 0 Å². The molecule has 6 N–H and O–H groups in total. The summed E-state index contributed by atoms with van der Waals surface area (Å²) in [5.41, 5.74) is 1.01.